The maximum Gasteiger partial charge on any atom is 0.416 e. The Morgan fingerprint density at radius 1 is 1.36 bits per heavy atom. The van der Waals surface area contributed by atoms with Crippen molar-refractivity contribution in [3.63, 3.8) is 0 Å². The standard InChI is InChI=1S/C17H20F3N3O2/c18-17(19,20)13-3-1-2-11(6-13)9-23-10-12(7-15(23)24)16(25)22-14-4-5-21-8-14/h1-3,6,12,14,21H,4-5,7-10H2,(H,22,25). The van der Waals surface area contributed by atoms with Crippen molar-refractivity contribution in [2.45, 2.75) is 31.6 Å². The van der Waals surface area contributed by atoms with Gasteiger partial charge >= 0.3 is 6.18 Å². The van der Waals surface area contributed by atoms with E-state index in [1.54, 1.807) is 6.07 Å². The molecule has 8 heteroatoms. The molecule has 5 nitrogen and oxygen atoms in total. The smallest absolute Gasteiger partial charge is 0.352 e. The number of likely N-dealkylation sites (tertiary alicyclic amines) is 1. The topological polar surface area (TPSA) is 61.4 Å². The Hall–Kier alpha value is -2.09. The Labute approximate surface area is 143 Å². The highest BCUT2D eigenvalue weighted by atomic mass is 19.4. The molecule has 3 rings (SSSR count). The van der Waals surface area contributed by atoms with Gasteiger partial charge in [-0.1, -0.05) is 12.1 Å². The summed E-state index contributed by atoms with van der Waals surface area (Å²) in [6, 6.07) is 5.02. The highest BCUT2D eigenvalue weighted by molar-refractivity contribution is 5.89. The zero-order chi connectivity index (χ0) is 18.0. The van der Waals surface area contributed by atoms with Gasteiger partial charge in [0.1, 0.15) is 0 Å². The fraction of sp³-hybridized carbons (Fsp3) is 0.529. The summed E-state index contributed by atoms with van der Waals surface area (Å²) in [4.78, 5) is 25.8. The van der Waals surface area contributed by atoms with Crippen molar-refractivity contribution in [1.29, 1.82) is 0 Å². The maximum atomic E-state index is 12.8. The minimum Gasteiger partial charge on any atom is -0.352 e. The second-order valence-electron chi connectivity index (χ2n) is 6.57. The van der Waals surface area contributed by atoms with Crippen LogP contribution in [0.25, 0.3) is 0 Å². The lowest BCUT2D eigenvalue weighted by Crippen LogP contribution is -2.40. The quantitative estimate of drug-likeness (QED) is 0.861. The van der Waals surface area contributed by atoms with Crippen LogP contribution < -0.4 is 10.6 Å². The Balaban J connectivity index is 1.60. The van der Waals surface area contributed by atoms with Gasteiger partial charge in [-0.15, -0.1) is 0 Å². The fourth-order valence-electron chi connectivity index (χ4n) is 3.26. The molecule has 0 aliphatic carbocycles. The molecular weight excluding hydrogens is 335 g/mol. The summed E-state index contributed by atoms with van der Waals surface area (Å²) in [5.74, 6) is -0.811. The van der Waals surface area contributed by atoms with Crippen LogP contribution in [0.15, 0.2) is 24.3 Å². The molecule has 0 spiro atoms. The van der Waals surface area contributed by atoms with Gasteiger partial charge in [-0.3, -0.25) is 9.59 Å². The summed E-state index contributed by atoms with van der Waals surface area (Å²) in [5.41, 5.74) is -0.330. The van der Waals surface area contributed by atoms with Gasteiger partial charge in [0.15, 0.2) is 0 Å². The molecule has 2 aliphatic rings. The number of nitrogens with one attached hydrogen (secondary N) is 2. The zero-order valence-corrected chi connectivity index (χ0v) is 13.6. The molecule has 25 heavy (non-hydrogen) atoms. The molecule has 0 bridgehead atoms. The van der Waals surface area contributed by atoms with Gasteiger partial charge in [0.2, 0.25) is 11.8 Å². The average Bonchev–Trinajstić information content (AvgIpc) is 3.17. The number of nitrogens with zero attached hydrogens (tertiary/aromatic N) is 1. The third kappa shape index (κ3) is 4.31. The van der Waals surface area contributed by atoms with Crippen LogP contribution in [-0.4, -0.2) is 42.4 Å². The van der Waals surface area contributed by atoms with Crippen molar-refractivity contribution in [3.8, 4) is 0 Å². The first kappa shape index (κ1) is 17.7. The van der Waals surface area contributed by atoms with E-state index in [0.29, 0.717) is 5.56 Å². The van der Waals surface area contributed by atoms with Crippen LogP contribution in [0.5, 0.6) is 0 Å². The van der Waals surface area contributed by atoms with Gasteiger partial charge in [-0.25, -0.2) is 0 Å². The number of benzene rings is 1. The molecule has 2 N–H and O–H groups in total. The Kier molecular flexibility index (Phi) is 4.99. The van der Waals surface area contributed by atoms with Crippen LogP contribution in [0.2, 0.25) is 0 Å². The molecule has 2 unspecified atom stereocenters. The largest absolute Gasteiger partial charge is 0.416 e. The monoisotopic (exact) mass is 355 g/mol. The second-order valence-corrected chi connectivity index (χ2v) is 6.57. The summed E-state index contributed by atoms with van der Waals surface area (Å²) in [5, 5.41) is 6.08. The lowest BCUT2D eigenvalue weighted by atomic mass is 10.1. The van der Waals surface area contributed by atoms with Gasteiger partial charge in [0, 0.05) is 32.1 Å². The van der Waals surface area contributed by atoms with Crippen LogP contribution in [0.3, 0.4) is 0 Å². The van der Waals surface area contributed by atoms with Crippen LogP contribution in [0.4, 0.5) is 13.2 Å². The summed E-state index contributed by atoms with van der Waals surface area (Å²) in [7, 11) is 0. The molecule has 2 atom stereocenters. The lowest BCUT2D eigenvalue weighted by molar-refractivity contribution is -0.137. The number of hydrogen-bond acceptors (Lipinski definition) is 3. The summed E-state index contributed by atoms with van der Waals surface area (Å²) in [6.07, 6.45) is -3.45. The first-order chi connectivity index (χ1) is 11.8. The van der Waals surface area contributed by atoms with Crippen LogP contribution in [0.1, 0.15) is 24.0 Å². The lowest BCUT2D eigenvalue weighted by Gasteiger charge is -2.18. The first-order valence-electron chi connectivity index (χ1n) is 8.28. The van der Waals surface area contributed by atoms with Gasteiger partial charge in [-0.05, 0) is 30.7 Å². The number of halogens is 3. The number of alkyl halides is 3. The molecule has 2 amide bonds. The number of amides is 2. The molecule has 136 valence electrons. The fourth-order valence-corrected chi connectivity index (χ4v) is 3.26. The zero-order valence-electron chi connectivity index (χ0n) is 13.6. The van der Waals surface area contributed by atoms with Crippen molar-refractivity contribution in [2.24, 2.45) is 5.92 Å². The summed E-state index contributed by atoms with van der Waals surface area (Å²) < 4.78 is 38.3. The highest BCUT2D eigenvalue weighted by Crippen LogP contribution is 2.30. The van der Waals surface area contributed by atoms with E-state index in [-0.39, 0.29) is 37.4 Å². The molecule has 2 heterocycles. The third-order valence-corrected chi connectivity index (χ3v) is 4.62. The van der Waals surface area contributed by atoms with Gasteiger partial charge in [-0.2, -0.15) is 13.2 Å². The third-order valence-electron chi connectivity index (χ3n) is 4.62. The molecule has 0 saturated carbocycles. The Morgan fingerprint density at radius 3 is 2.84 bits per heavy atom. The van der Waals surface area contributed by atoms with Gasteiger partial charge in [0.25, 0.3) is 0 Å². The summed E-state index contributed by atoms with van der Waals surface area (Å²) in [6.45, 7) is 1.90. The minimum atomic E-state index is -4.41. The van der Waals surface area contributed by atoms with E-state index in [9.17, 15) is 22.8 Å². The molecule has 0 radical (unpaired) electrons. The predicted octanol–water partition coefficient (Wildman–Crippen LogP) is 1.53. The van der Waals surface area contributed by atoms with E-state index >= 15 is 0 Å². The van der Waals surface area contributed by atoms with Crippen molar-refractivity contribution in [1.82, 2.24) is 15.5 Å². The van der Waals surface area contributed by atoms with E-state index in [4.69, 9.17) is 0 Å². The Morgan fingerprint density at radius 2 is 2.16 bits per heavy atom. The van der Waals surface area contributed by atoms with E-state index in [2.05, 4.69) is 10.6 Å². The summed E-state index contributed by atoms with van der Waals surface area (Å²) >= 11 is 0. The van der Waals surface area contributed by atoms with Crippen LogP contribution in [0, 0.1) is 5.92 Å². The van der Waals surface area contributed by atoms with E-state index < -0.39 is 17.7 Å². The van der Waals surface area contributed by atoms with Crippen molar-refractivity contribution >= 4 is 11.8 Å². The maximum absolute atomic E-state index is 12.8. The first-order valence-corrected chi connectivity index (χ1v) is 8.28. The molecule has 1 aromatic carbocycles. The predicted molar refractivity (Wildman–Crippen MR) is 84.4 cm³/mol. The molecule has 2 aliphatic heterocycles. The average molecular weight is 355 g/mol. The van der Waals surface area contributed by atoms with Gasteiger partial charge in [0.05, 0.1) is 11.5 Å². The molecule has 2 saturated heterocycles. The van der Waals surface area contributed by atoms with E-state index in [1.807, 2.05) is 0 Å². The normalized spacial score (nSPS) is 24.0. The Bertz CT molecular complexity index is 657. The van der Waals surface area contributed by atoms with E-state index in [1.165, 1.54) is 11.0 Å². The molecular formula is C17H20F3N3O2. The van der Waals surface area contributed by atoms with Crippen molar-refractivity contribution in [3.05, 3.63) is 35.4 Å². The van der Waals surface area contributed by atoms with Gasteiger partial charge < -0.3 is 15.5 Å². The molecule has 0 aromatic heterocycles. The van der Waals surface area contributed by atoms with Crippen LogP contribution in [-0.2, 0) is 22.3 Å². The van der Waals surface area contributed by atoms with Crippen molar-refractivity contribution in [2.75, 3.05) is 19.6 Å². The van der Waals surface area contributed by atoms with Crippen LogP contribution >= 0.6 is 0 Å². The minimum absolute atomic E-state index is 0.0809. The molecule has 1 aromatic rings. The highest BCUT2D eigenvalue weighted by Gasteiger charge is 2.36. The number of carbonyl (C=O) groups excluding carboxylic acids is 2. The van der Waals surface area contributed by atoms with Crippen molar-refractivity contribution < 1.29 is 22.8 Å². The van der Waals surface area contributed by atoms with E-state index in [0.717, 1.165) is 31.6 Å². The SMILES string of the molecule is O=C(NC1CCNC1)C1CC(=O)N(Cc2cccc(C(F)(F)F)c2)C1. The second kappa shape index (κ2) is 7.03. The molecule has 2 fully saturated rings. The number of rotatable bonds is 4. The number of carbonyl (C=O) groups is 2. The number of hydrogen-bond donors (Lipinski definition) is 2.